The predicted molar refractivity (Wildman–Crippen MR) is 262 cm³/mol. The highest BCUT2D eigenvalue weighted by Gasteiger charge is 2.22. The van der Waals surface area contributed by atoms with Crippen molar-refractivity contribution in [2.45, 2.75) is 212 Å². The number of likely N-dealkylation sites (N-methyl/N-ethyl adjacent to an activating group) is 1. The van der Waals surface area contributed by atoms with Crippen LogP contribution >= 0.6 is 7.82 Å². The molecule has 0 saturated carbocycles. The zero-order chi connectivity index (χ0) is 47.4. The summed E-state index contributed by atoms with van der Waals surface area (Å²) < 4.78 is 33.8. The molecule has 12 heteroatoms. The molecule has 64 heavy (non-hydrogen) atoms. The van der Waals surface area contributed by atoms with Gasteiger partial charge in [-0.1, -0.05) is 164 Å². The van der Waals surface area contributed by atoms with Crippen molar-refractivity contribution < 1.29 is 52.3 Å². The van der Waals surface area contributed by atoms with Gasteiger partial charge in [0.25, 0.3) is 7.82 Å². The summed E-state index contributed by atoms with van der Waals surface area (Å²) in [6, 6.07) is 0. The summed E-state index contributed by atoms with van der Waals surface area (Å²) in [6.45, 7) is 3.78. The van der Waals surface area contributed by atoms with E-state index in [1.54, 1.807) is 0 Å². The van der Waals surface area contributed by atoms with E-state index in [9.17, 15) is 29.3 Å². The lowest BCUT2D eigenvalue weighted by Crippen LogP contribution is -2.37. The first kappa shape index (κ1) is 61.6. The predicted octanol–water partition coefficient (Wildman–Crippen LogP) is 12.1. The minimum absolute atomic E-state index is 0.0409. The van der Waals surface area contributed by atoms with Gasteiger partial charge in [-0.25, -0.2) is 0 Å². The summed E-state index contributed by atoms with van der Waals surface area (Å²) in [4.78, 5) is 37.8. The summed E-state index contributed by atoms with van der Waals surface area (Å²) >= 11 is 0. The van der Waals surface area contributed by atoms with Gasteiger partial charge >= 0.3 is 11.9 Å². The Morgan fingerprint density at radius 3 is 1.59 bits per heavy atom. The molecule has 0 aromatic carbocycles. The number of aliphatic hydroxyl groups is 2. The van der Waals surface area contributed by atoms with Crippen LogP contribution in [0.25, 0.3) is 0 Å². The third kappa shape index (κ3) is 44.8. The molecule has 11 nitrogen and oxygen atoms in total. The molecule has 372 valence electrons. The number of quaternary nitrogens is 1. The molecule has 0 bridgehead atoms. The molecule has 0 aromatic rings. The topological polar surface area (TPSA) is 152 Å². The number of ether oxygens (including phenoxy) is 2. The van der Waals surface area contributed by atoms with Gasteiger partial charge in [0.2, 0.25) is 0 Å². The average molecular weight is 924 g/mol. The maximum absolute atomic E-state index is 12.8. The summed E-state index contributed by atoms with van der Waals surface area (Å²) in [5.74, 6) is -1.12. The van der Waals surface area contributed by atoms with Gasteiger partial charge in [0.05, 0.1) is 40.0 Å². The van der Waals surface area contributed by atoms with E-state index in [1.807, 2.05) is 33.3 Å². The first-order valence-electron chi connectivity index (χ1n) is 25.2. The largest absolute Gasteiger partial charge is 0.756 e. The zero-order valence-electron chi connectivity index (χ0n) is 41.2. The van der Waals surface area contributed by atoms with Gasteiger partial charge in [-0.3, -0.25) is 14.2 Å². The molecule has 0 amide bonds. The quantitative estimate of drug-likeness (QED) is 0.0198. The molecule has 0 aliphatic carbocycles. The van der Waals surface area contributed by atoms with E-state index in [2.05, 4.69) is 62.5 Å². The summed E-state index contributed by atoms with van der Waals surface area (Å²) in [7, 11) is 1.01. The Kier molecular flexibility index (Phi) is 41.6. The lowest BCUT2D eigenvalue weighted by molar-refractivity contribution is -0.870. The summed E-state index contributed by atoms with van der Waals surface area (Å²) in [6.07, 6.45) is 45.7. The van der Waals surface area contributed by atoms with Gasteiger partial charge in [-0.2, -0.15) is 0 Å². The van der Waals surface area contributed by atoms with E-state index in [0.717, 1.165) is 44.9 Å². The van der Waals surface area contributed by atoms with Crippen molar-refractivity contribution in [3.8, 4) is 0 Å². The second-order valence-corrected chi connectivity index (χ2v) is 19.5. The molecule has 0 rings (SSSR count). The summed E-state index contributed by atoms with van der Waals surface area (Å²) in [5, 5.41) is 20.8. The van der Waals surface area contributed by atoms with Gasteiger partial charge in [0.1, 0.15) is 19.8 Å². The summed E-state index contributed by atoms with van der Waals surface area (Å²) in [5.41, 5.74) is 0. The number of allylic oxidation sites excluding steroid dienone is 9. The Balaban J connectivity index is 4.47. The fraction of sp³-hybridized carbons (Fsp3) is 0.769. The molecule has 0 radical (unpaired) electrons. The van der Waals surface area contributed by atoms with Crippen molar-refractivity contribution in [2.75, 3.05) is 47.5 Å². The van der Waals surface area contributed by atoms with Gasteiger partial charge < -0.3 is 38.1 Å². The highest BCUT2D eigenvalue weighted by atomic mass is 31.2. The maximum atomic E-state index is 12.8. The van der Waals surface area contributed by atoms with E-state index in [-0.39, 0.29) is 38.7 Å². The molecule has 0 aromatic heterocycles. The lowest BCUT2D eigenvalue weighted by atomic mass is 10.0. The van der Waals surface area contributed by atoms with E-state index < -0.39 is 51.3 Å². The molecule has 0 saturated heterocycles. The fourth-order valence-electron chi connectivity index (χ4n) is 6.68. The minimum atomic E-state index is -4.70. The van der Waals surface area contributed by atoms with Crippen LogP contribution in [0.1, 0.15) is 194 Å². The van der Waals surface area contributed by atoms with Crippen LogP contribution in [0.2, 0.25) is 0 Å². The molecule has 1 unspecified atom stereocenters. The van der Waals surface area contributed by atoms with Crippen LogP contribution < -0.4 is 4.89 Å². The van der Waals surface area contributed by atoms with Crippen molar-refractivity contribution in [1.29, 1.82) is 0 Å². The maximum Gasteiger partial charge on any atom is 0.306 e. The third-order valence-corrected chi connectivity index (χ3v) is 11.7. The van der Waals surface area contributed by atoms with Crippen molar-refractivity contribution in [3.05, 3.63) is 60.8 Å². The second-order valence-electron chi connectivity index (χ2n) is 18.1. The van der Waals surface area contributed by atoms with E-state index in [4.69, 9.17) is 18.5 Å². The molecule has 2 N–H and O–H groups in total. The average Bonchev–Trinajstić information content (AvgIpc) is 3.24. The van der Waals surface area contributed by atoms with Crippen LogP contribution in [0.4, 0.5) is 0 Å². The first-order valence-corrected chi connectivity index (χ1v) is 26.6. The van der Waals surface area contributed by atoms with Crippen molar-refractivity contribution in [3.63, 3.8) is 0 Å². The highest BCUT2D eigenvalue weighted by molar-refractivity contribution is 7.45. The number of carbonyl (C=O) groups is 2. The van der Waals surface area contributed by atoms with Crippen LogP contribution in [-0.2, 0) is 32.7 Å². The molecular formula is C52H94NO10P. The van der Waals surface area contributed by atoms with Crippen molar-refractivity contribution >= 4 is 19.8 Å². The Bertz CT molecular complexity index is 1310. The number of aliphatic hydroxyl groups excluding tert-OH is 2. The smallest absolute Gasteiger partial charge is 0.306 e. The minimum Gasteiger partial charge on any atom is -0.756 e. The number of unbranched alkanes of at least 4 members (excludes halogenated alkanes) is 17. The van der Waals surface area contributed by atoms with Crippen LogP contribution in [0.3, 0.4) is 0 Å². The Hall–Kier alpha value is -2.37. The molecule has 0 aliphatic heterocycles. The third-order valence-electron chi connectivity index (χ3n) is 10.7. The number of nitrogens with zero attached hydrogens (tertiary/aromatic N) is 1. The van der Waals surface area contributed by atoms with Gasteiger partial charge in [-0.15, -0.1) is 0 Å². The van der Waals surface area contributed by atoms with E-state index in [0.29, 0.717) is 17.4 Å². The van der Waals surface area contributed by atoms with Crippen LogP contribution in [0, 0.1) is 0 Å². The van der Waals surface area contributed by atoms with Crippen LogP contribution in [0.5, 0.6) is 0 Å². The van der Waals surface area contributed by atoms with Crippen LogP contribution in [-0.4, -0.2) is 92.5 Å². The highest BCUT2D eigenvalue weighted by Crippen LogP contribution is 2.38. The normalized spacial score (nSPS) is 14.9. The fourth-order valence-corrected chi connectivity index (χ4v) is 7.41. The molecule has 0 fully saturated rings. The Morgan fingerprint density at radius 2 is 1.06 bits per heavy atom. The monoisotopic (exact) mass is 924 g/mol. The first-order chi connectivity index (χ1) is 30.8. The number of esters is 2. The molecular weight excluding hydrogens is 830 g/mol. The van der Waals surface area contributed by atoms with Gasteiger partial charge in [-0.05, 0) is 77.0 Å². The molecule has 0 heterocycles. The zero-order valence-corrected chi connectivity index (χ0v) is 42.1. The number of phosphoric ester groups is 1. The van der Waals surface area contributed by atoms with E-state index >= 15 is 0 Å². The lowest BCUT2D eigenvalue weighted by Gasteiger charge is -2.28. The van der Waals surface area contributed by atoms with Crippen molar-refractivity contribution in [1.82, 2.24) is 0 Å². The number of carbonyl (C=O) groups excluding carboxylic acids is 2. The molecule has 4 atom stereocenters. The number of phosphoric acid groups is 1. The van der Waals surface area contributed by atoms with Crippen LogP contribution in [0.15, 0.2) is 60.8 Å². The van der Waals surface area contributed by atoms with Gasteiger partial charge in [0.15, 0.2) is 6.10 Å². The standard InChI is InChI=1S/C52H94NO10P/c1-6-8-10-12-14-16-18-20-21-22-23-24-25-26-27-28-30-32-34-36-38-42-52(57)63-48(47-62-64(58,59)61-45-44-53(3,4)5)46-60-51(56)43-39-41-50(55)49(54)40-37-35-33-31-29-19-17-15-13-11-9-7-2/h9,11,15,17,20-21,29,31,35,37,48-50,54-55H,6-8,10,12-14,16,18-19,22-28,30,32-34,36,38-47H2,1-5H3/b11-9-,17-15-,21-20-,31-29-,37-35-/t48-,49+,50+/m1/s1. The number of hydrogen-bond donors (Lipinski definition) is 2. The molecule has 0 aliphatic rings. The SMILES string of the molecule is CC/C=C\C/C=C\C/C=C\C/C=C\C[C@H](O)[C@@H](O)CCCC(=O)OC[C@H](COP(=O)([O-])OCC[N+](C)(C)C)OC(=O)CCCCCCCCCCCCC/C=C\CCCCCCCC. The number of hydrogen-bond acceptors (Lipinski definition) is 10. The Labute approximate surface area is 391 Å². The number of rotatable bonds is 45. The Morgan fingerprint density at radius 1 is 0.578 bits per heavy atom. The van der Waals surface area contributed by atoms with Gasteiger partial charge in [0, 0.05) is 12.8 Å². The van der Waals surface area contributed by atoms with Crippen molar-refractivity contribution in [2.24, 2.45) is 0 Å². The molecule has 0 spiro atoms. The van der Waals surface area contributed by atoms with E-state index in [1.165, 1.54) is 96.3 Å². The second kappa shape index (κ2) is 43.2.